The van der Waals surface area contributed by atoms with Crippen LogP contribution in [0.2, 0.25) is 0 Å². The summed E-state index contributed by atoms with van der Waals surface area (Å²) in [4.78, 5) is 0. The third kappa shape index (κ3) is 3.32. The van der Waals surface area contributed by atoms with E-state index in [-0.39, 0.29) is 18.2 Å². The molecular weight excluding hydrogens is 198 g/mol. The maximum absolute atomic E-state index is 6.14. The Bertz CT molecular complexity index is 322. The SMILES string of the molecule is CCC(N)C(OC(C)C)c1ccccc1C. The molecule has 2 nitrogen and oxygen atoms in total. The summed E-state index contributed by atoms with van der Waals surface area (Å²) in [6, 6.07) is 8.36. The first-order valence-corrected chi connectivity index (χ1v) is 6.02. The number of nitrogens with two attached hydrogens (primary N) is 1. The van der Waals surface area contributed by atoms with E-state index in [9.17, 15) is 0 Å². The predicted molar refractivity (Wildman–Crippen MR) is 68.4 cm³/mol. The van der Waals surface area contributed by atoms with Gasteiger partial charge in [0.15, 0.2) is 0 Å². The van der Waals surface area contributed by atoms with Crippen molar-refractivity contribution in [2.45, 2.75) is 52.4 Å². The summed E-state index contributed by atoms with van der Waals surface area (Å²) in [5, 5.41) is 0. The number of aryl methyl sites for hydroxylation is 1. The van der Waals surface area contributed by atoms with Gasteiger partial charge in [0.25, 0.3) is 0 Å². The van der Waals surface area contributed by atoms with Gasteiger partial charge in [-0.1, -0.05) is 31.2 Å². The maximum Gasteiger partial charge on any atom is 0.0981 e. The Labute approximate surface area is 98.8 Å². The van der Waals surface area contributed by atoms with Crippen LogP contribution in [0.4, 0.5) is 0 Å². The Kier molecular flexibility index (Phi) is 4.97. The van der Waals surface area contributed by atoms with E-state index in [2.05, 4.69) is 26.0 Å². The van der Waals surface area contributed by atoms with Gasteiger partial charge in [0.1, 0.15) is 0 Å². The zero-order valence-corrected chi connectivity index (χ0v) is 10.7. The van der Waals surface area contributed by atoms with Gasteiger partial charge in [0.05, 0.1) is 12.2 Å². The van der Waals surface area contributed by atoms with Gasteiger partial charge in [-0.2, -0.15) is 0 Å². The molecule has 0 aliphatic carbocycles. The number of benzene rings is 1. The zero-order valence-electron chi connectivity index (χ0n) is 10.7. The molecular formula is C14H23NO. The smallest absolute Gasteiger partial charge is 0.0981 e. The Morgan fingerprint density at radius 1 is 1.25 bits per heavy atom. The van der Waals surface area contributed by atoms with Gasteiger partial charge in [0, 0.05) is 6.04 Å². The molecule has 0 heterocycles. The van der Waals surface area contributed by atoms with E-state index < -0.39 is 0 Å². The van der Waals surface area contributed by atoms with Crippen LogP contribution >= 0.6 is 0 Å². The molecule has 0 fully saturated rings. The monoisotopic (exact) mass is 221 g/mol. The molecule has 0 radical (unpaired) electrons. The highest BCUT2D eigenvalue weighted by Gasteiger charge is 2.21. The minimum absolute atomic E-state index is 0.00574. The highest BCUT2D eigenvalue weighted by Crippen LogP contribution is 2.26. The molecule has 0 amide bonds. The molecule has 0 saturated heterocycles. The van der Waals surface area contributed by atoms with E-state index >= 15 is 0 Å². The minimum atomic E-state index is 0.00574. The second-order valence-electron chi connectivity index (χ2n) is 4.53. The summed E-state index contributed by atoms with van der Waals surface area (Å²) in [5.41, 5.74) is 8.60. The average molecular weight is 221 g/mol. The van der Waals surface area contributed by atoms with Crippen molar-refractivity contribution in [1.29, 1.82) is 0 Å². The molecule has 0 saturated carbocycles. The first-order valence-electron chi connectivity index (χ1n) is 6.02. The topological polar surface area (TPSA) is 35.2 Å². The molecule has 2 unspecified atom stereocenters. The van der Waals surface area contributed by atoms with E-state index in [1.54, 1.807) is 0 Å². The fraction of sp³-hybridized carbons (Fsp3) is 0.571. The second kappa shape index (κ2) is 6.02. The van der Waals surface area contributed by atoms with Crippen LogP contribution in [0.3, 0.4) is 0 Å². The number of hydrogen-bond donors (Lipinski definition) is 1. The number of hydrogen-bond acceptors (Lipinski definition) is 2. The normalized spacial score (nSPS) is 15.1. The second-order valence-corrected chi connectivity index (χ2v) is 4.53. The molecule has 0 aliphatic heterocycles. The first-order chi connectivity index (χ1) is 7.56. The van der Waals surface area contributed by atoms with Crippen LogP contribution in [0.25, 0.3) is 0 Å². The molecule has 0 spiro atoms. The van der Waals surface area contributed by atoms with Crippen LogP contribution in [0.1, 0.15) is 44.4 Å². The van der Waals surface area contributed by atoms with Crippen molar-refractivity contribution >= 4 is 0 Å². The van der Waals surface area contributed by atoms with Gasteiger partial charge in [-0.25, -0.2) is 0 Å². The van der Waals surface area contributed by atoms with E-state index in [1.807, 2.05) is 26.0 Å². The molecule has 0 aromatic heterocycles. The Morgan fingerprint density at radius 2 is 1.88 bits per heavy atom. The molecule has 1 aromatic carbocycles. The molecule has 0 bridgehead atoms. The highest BCUT2D eigenvalue weighted by molar-refractivity contribution is 5.28. The third-order valence-corrected chi connectivity index (χ3v) is 2.77. The summed E-state index contributed by atoms with van der Waals surface area (Å²) in [7, 11) is 0. The molecule has 0 aliphatic rings. The number of ether oxygens (including phenoxy) is 1. The Morgan fingerprint density at radius 3 is 2.38 bits per heavy atom. The van der Waals surface area contributed by atoms with Crippen LogP contribution in [-0.2, 0) is 4.74 Å². The van der Waals surface area contributed by atoms with Crippen LogP contribution in [-0.4, -0.2) is 12.1 Å². The standard InChI is InChI=1S/C14H23NO/c1-5-13(15)14(16-10(2)3)12-9-7-6-8-11(12)4/h6-10,13-14H,5,15H2,1-4H3. The van der Waals surface area contributed by atoms with Crippen molar-refractivity contribution in [3.05, 3.63) is 35.4 Å². The van der Waals surface area contributed by atoms with Crippen molar-refractivity contribution in [1.82, 2.24) is 0 Å². The lowest BCUT2D eigenvalue weighted by atomic mass is 9.96. The molecule has 90 valence electrons. The maximum atomic E-state index is 6.14. The van der Waals surface area contributed by atoms with Crippen LogP contribution in [0.15, 0.2) is 24.3 Å². The van der Waals surface area contributed by atoms with Gasteiger partial charge < -0.3 is 10.5 Å². The van der Waals surface area contributed by atoms with Gasteiger partial charge in [0.2, 0.25) is 0 Å². The van der Waals surface area contributed by atoms with E-state index in [4.69, 9.17) is 10.5 Å². The zero-order chi connectivity index (χ0) is 12.1. The first kappa shape index (κ1) is 13.2. The fourth-order valence-electron chi connectivity index (χ4n) is 1.82. The number of rotatable bonds is 5. The fourth-order valence-corrected chi connectivity index (χ4v) is 1.82. The van der Waals surface area contributed by atoms with Gasteiger partial charge in [-0.05, 0) is 38.3 Å². The van der Waals surface area contributed by atoms with Crippen molar-refractivity contribution < 1.29 is 4.74 Å². The molecule has 1 aromatic rings. The molecule has 16 heavy (non-hydrogen) atoms. The van der Waals surface area contributed by atoms with Crippen molar-refractivity contribution in [3.63, 3.8) is 0 Å². The summed E-state index contributed by atoms with van der Waals surface area (Å²) in [5.74, 6) is 0. The van der Waals surface area contributed by atoms with E-state index in [0.29, 0.717) is 0 Å². The summed E-state index contributed by atoms with van der Waals surface area (Å²) >= 11 is 0. The van der Waals surface area contributed by atoms with Crippen molar-refractivity contribution in [2.75, 3.05) is 0 Å². The largest absolute Gasteiger partial charge is 0.369 e. The molecule has 2 heteroatoms. The highest BCUT2D eigenvalue weighted by atomic mass is 16.5. The molecule has 2 N–H and O–H groups in total. The molecule has 2 atom stereocenters. The van der Waals surface area contributed by atoms with E-state index in [1.165, 1.54) is 11.1 Å². The minimum Gasteiger partial charge on any atom is -0.369 e. The van der Waals surface area contributed by atoms with Gasteiger partial charge in [-0.3, -0.25) is 0 Å². The lowest BCUT2D eigenvalue weighted by molar-refractivity contribution is -0.00931. The van der Waals surface area contributed by atoms with E-state index in [0.717, 1.165) is 6.42 Å². The van der Waals surface area contributed by atoms with Gasteiger partial charge in [-0.15, -0.1) is 0 Å². The van der Waals surface area contributed by atoms with Crippen LogP contribution < -0.4 is 5.73 Å². The lowest BCUT2D eigenvalue weighted by Gasteiger charge is -2.27. The summed E-state index contributed by atoms with van der Waals surface area (Å²) < 4.78 is 5.94. The lowest BCUT2D eigenvalue weighted by Crippen LogP contribution is -2.31. The summed E-state index contributed by atoms with van der Waals surface area (Å²) in [6.45, 7) is 8.30. The third-order valence-electron chi connectivity index (χ3n) is 2.77. The summed E-state index contributed by atoms with van der Waals surface area (Å²) in [6.07, 6.45) is 1.12. The average Bonchev–Trinajstić information content (AvgIpc) is 2.26. The Balaban J connectivity index is 2.96. The van der Waals surface area contributed by atoms with Gasteiger partial charge >= 0.3 is 0 Å². The quantitative estimate of drug-likeness (QED) is 0.828. The van der Waals surface area contributed by atoms with Crippen molar-refractivity contribution in [3.8, 4) is 0 Å². The van der Waals surface area contributed by atoms with Crippen LogP contribution in [0.5, 0.6) is 0 Å². The van der Waals surface area contributed by atoms with Crippen molar-refractivity contribution in [2.24, 2.45) is 5.73 Å². The van der Waals surface area contributed by atoms with Crippen LogP contribution in [0, 0.1) is 6.92 Å². The Hall–Kier alpha value is -0.860. The molecule has 1 rings (SSSR count). The predicted octanol–water partition coefficient (Wildman–Crippen LogP) is 3.20.